The van der Waals surface area contributed by atoms with Crippen LogP contribution in [0.15, 0.2) is 35.1 Å². The Morgan fingerprint density at radius 3 is 2.96 bits per heavy atom. The minimum Gasteiger partial charge on any atom is -0.361 e. The van der Waals surface area contributed by atoms with Crippen molar-refractivity contribution in [2.24, 2.45) is 5.41 Å². The van der Waals surface area contributed by atoms with Crippen LogP contribution in [0.1, 0.15) is 54.4 Å². The SMILES string of the molecule is CCc1cc(C(=O)N2CCC[C@]3(CCC(=O)N(Cc4cccnc4)C3)C2)no1. The number of likely N-dealkylation sites (tertiary alicyclic amines) is 2. The predicted octanol–water partition coefficient (Wildman–Crippen LogP) is 2.68. The predicted molar refractivity (Wildman–Crippen MR) is 102 cm³/mol. The molecule has 0 unspecified atom stereocenters. The molecule has 0 bridgehead atoms. The molecule has 7 heteroatoms. The second-order valence-corrected chi connectivity index (χ2v) is 7.97. The second-order valence-electron chi connectivity index (χ2n) is 7.97. The second kappa shape index (κ2) is 7.73. The summed E-state index contributed by atoms with van der Waals surface area (Å²) in [6, 6.07) is 5.62. The van der Waals surface area contributed by atoms with Gasteiger partial charge in [0.25, 0.3) is 5.91 Å². The lowest BCUT2D eigenvalue weighted by molar-refractivity contribution is -0.139. The highest BCUT2D eigenvalue weighted by Crippen LogP contribution is 2.39. The van der Waals surface area contributed by atoms with Gasteiger partial charge in [0.2, 0.25) is 5.91 Å². The summed E-state index contributed by atoms with van der Waals surface area (Å²) in [5.74, 6) is 0.834. The average Bonchev–Trinajstić information content (AvgIpc) is 3.21. The van der Waals surface area contributed by atoms with E-state index in [-0.39, 0.29) is 17.2 Å². The van der Waals surface area contributed by atoms with E-state index in [1.54, 1.807) is 18.5 Å². The van der Waals surface area contributed by atoms with Crippen LogP contribution >= 0.6 is 0 Å². The molecular formula is C21H26N4O3. The number of rotatable bonds is 4. The van der Waals surface area contributed by atoms with E-state index in [0.29, 0.717) is 31.7 Å². The van der Waals surface area contributed by atoms with Gasteiger partial charge in [-0.2, -0.15) is 0 Å². The fourth-order valence-corrected chi connectivity index (χ4v) is 4.42. The van der Waals surface area contributed by atoms with Crippen LogP contribution in [-0.2, 0) is 17.8 Å². The largest absolute Gasteiger partial charge is 0.361 e. The summed E-state index contributed by atoms with van der Waals surface area (Å²) in [4.78, 5) is 33.4. The van der Waals surface area contributed by atoms with Crippen LogP contribution in [0.2, 0.25) is 0 Å². The molecule has 2 aromatic rings. The quantitative estimate of drug-likeness (QED) is 0.812. The molecule has 2 aromatic heterocycles. The van der Waals surface area contributed by atoms with E-state index in [1.807, 2.05) is 28.9 Å². The summed E-state index contributed by atoms with van der Waals surface area (Å²) < 4.78 is 5.20. The number of pyridine rings is 1. The molecule has 2 fully saturated rings. The fourth-order valence-electron chi connectivity index (χ4n) is 4.42. The molecule has 2 aliphatic heterocycles. The maximum atomic E-state index is 12.9. The zero-order chi connectivity index (χ0) is 19.6. The van der Waals surface area contributed by atoms with E-state index in [9.17, 15) is 9.59 Å². The highest BCUT2D eigenvalue weighted by atomic mass is 16.5. The van der Waals surface area contributed by atoms with E-state index in [1.165, 1.54) is 0 Å². The Balaban J connectivity index is 1.47. The molecule has 2 aliphatic rings. The van der Waals surface area contributed by atoms with Gasteiger partial charge >= 0.3 is 0 Å². The number of aryl methyl sites for hydroxylation is 1. The summed E-state index contributed by atoms with van der Waals surface area (Å²) in [7, 11) is 0. The Kier molecular flexibility index (Phi) is 5.15. The fraction of sp³-hybridized carbons (Fsp3) is 0.524. The van der Waals surface area contributed by atoms with Gasteiger partial charge < -0.3 is 14.3 Å². The zero-order valence-electron chi connectivity index (χ0n) is 16.3. The van der Waals surface area contributed by atoms with Gasteiger partial charge in [0, 0.05) is 62.9 Å². The van der Waals surface area contributed by atoms with Gasteiger partial charge in [-0.25, -0.2) is 0 Å². The minimum atomic E-state index is -0.0711. The molecule has 148 valence electrons. The normalized spacial score (nSPS) is 22.7. The van der Waals surface area contributed by atoms with Gasteiger partial charge in [0.1, 0.15) is 5.76 Å². The first kappa shape index (κ1) is 18.7. The smallest absolute Gasteiger partial charge is 0.276 e. The Morgan fingerprint density at radius 1 is 1.32 bits per heavy atom. The van der Waals surface area contributed by atoms with E-state index < -0.39 is 0 Å². The maximum absolute atomic E-state index is 12.9. The number of carbonyl (C=O) groups is 2. The van der Waals surface area contributed by atoms with Crippen molar-refractivity contribution in [1.29, 1.82) is 0 Å². The molecule has 7 nitrogen and oxygen atoms in total. The molecule has 2 amide bonds. The maximum Gasteiger partial charge on any atom is 0.276 e. The van der Waals surface area contributed by atoms with E-state index >= 15 is 0 Å². The topological polar surface area (TPSA) is 79.5 Å². The Hall–Kier alpha value is -2.70. The number of piperidine rings is 2. The van der Waals surface area contributed by atoms with Crippen LogP contribution in [0.4, 0.5) is 0 Å². The van der Waals surface area contributed by atoms with Crippen molar-refractivity contribution in [1.82, 2.24) is 19.9 Å². The molecule has 2 saturated heterocycles. The van der Waals surface area contributed by atoms with Crippen molar-refractivity contribution in [3.8, 4) is 0 Å². The van der Waals surface area contributed by atoms with Gasteiger partial charge in [0.05, 0.1) is 0 Å². The van der Waals surface area contributed by atoms with Crippen LogP contribution in [0.25, 0.3) is 0 Å². The van der Waals surface area contributed by atoms with Crippen molar-refractivity contribution < 1.29 is 14.1 Å². The first-order valence-electron chi connectivity index (χ1n) is 10.0. The summed E-state index contributed by atoms with van der Waals surface area (Å²) in [5.41, 5.74) is 1.38. The molecule has 0 N–H and O–H groups in total. The van der Waals surface area contributed by atoms with E-state index in [0.717, 1.165) is 43.6 Å². The lowest BCUT2D eigenvalue weighted by Crippen LogP contribution is -2.54. The summed E-state index contributed by atoms with van der Waals surface area (Å²) >= 11 is 0. The monoisotopic (exact) mass is 382 g/mol. The molecular weight excluding hydrogens is 356 g/mol. The highest BCUT2D eigenvalue weighted by molar-refractivity contribution is 5.92. The van der Waals surface area contributed by atoms with Crippen LogP contribution in [-0.4, -0.2) is 51.4 Å². The Labute approximate surface area is 164 Å². The molecule has 0 saturated carbocycles. The summed E-state index contributed by atoms with van der Waals surface area (Å²) in [6.45, 7) is 4.62. The number of carbonyl (C=O) groups excluding carboxylic acids is 2. The molecule has 0 radical (unpaired) electrons. The van der Waals surface area contributed by atoms with Crippen molar-refractivity contribution in [3.05, 3.63) is 47.6 Å². The number of nitrogens with zero attached hydrogens (tertiary/aromatic N) is 4. The number of hydrogen-bond acceptors (Lipinski definition) is 5. The number of amides is 2. The van der Waals surface area contributed by atoms with Crippen molar-refractivity contribution >= 4 is 11.8 Å². The molecule has 28 heavy (non-hydrogen) atoms. The van der Waals surface area contributed by atoms with Crippen LogP contribution in [0.5, 0.6) is 0 Å². The first-order valence-corrected chi connectivity index (χ1v) is 10.0. The van der Waals surface area contributed by atoms with Gasteiger partial charge in [-0.05, 0) is 30.9 Å². The standard InChI is InChI=1S/C21H26N4O3/c1-2-17-11-18(23-28-17)20(27)24-10-4-7-21(14-24)8-6-19(26)25(15-21)13-16-5-3-9-22-12-16/h3,5,9,11-12H,2,4,6-8,10,13-15H2,1H3/t21-/m0/s1. The number of aromatic nitrogens is 2. The van der Waals surface area contributed by atoms with Gasteiger partial charge in [-0.3, -0.25) is 14.6 Å². The van der Waals surface area contributed by atoms with Crippen LogP contribution < -0.4 is 0 Å². The third-order valence-electron chi connectivity index (χ3n) is 5.92. The summed E-state index contributed by atoms with van der Waals surface area (Å²) in [5, 5.41) is 3.94. The zero-order valence-corrected chi connectivity index (χ0v) is 16.3. The Morgan fingerprint density at radius 2 is 2.21 bits per heavy atom. The average molecular weight is 382 g/mol. The molecule has 4 heterocycles. The van der Waals surface area contributed by atoms with Crippen molar-refractivity contribution in [3.63, 3.8) is 0 Å². The molecule has 0 aromatic carbocycles. The lowest BCUT2D eigenvalue weighted by Gasteiger charge is -2.48. The third-order valence-corrected chi connectivity index (χ3v) is 5.92. The van der Waals surface area contributed by atoms with Crippen LogP contribution in [0, 0.1) is 5.41 Å². The van der Waals surface area contributed by atoms with Crippen molar-refractivity contribution in [2.75, 3.05) is 19.6 Å². The Bertz CT molecular complexity index is 850. The molecule has 1 atom stereocenters. The van der Waals surface area contributed by atoms with Gasteiger partial charge in [-0.15, -0.1) is 0 Å². The number of hydrogen-bond donors (Lipinski definition) is 0. The summed E-state index contributed by atoms with van der Waals surface area (Å²) in [6.07, 6.45) is 7.61. The van der Waals surface area contributed by atoms with E-state index in [2.05, 4.69) is 10.1 Å². The third kappa shape index (κ3) is 3.79. The van der Waals surface area contributed by atoms with Crippen molar-refractivity contribution in [2.45, 2.75) is 45.6 Å². The molecule has 0 aliphatic carbocycles. The molecule has 4 rings (SSSR count). The molecule has 1 spiro atoms. The highest BCUT2D eigenvalue weighted by Gasteiger charge is 2.43. The lowest BCUT2D eigenvalue weighted by atomic mass is 9.73. The van der Waals surface area contributed by atoms with Gasteiger partial charge in [-0.1, -0.05) is 18.1 Å². The minimum absolute atomic E-state index is 0.0403. The van der Waals surface area contributed by atoms with Crippen LogP contribution in [0.3, 0.4) is 0 Å². The van der Waals surface area contributed by atoms with E-state index in [4.69, 9.17) is 4.52 Å². The van der Waals surface area contributed by atoms with Gasteiger partial charge in [0.15, 0.2) is 5.69 Å². The first-order chi connectivity index (χ1) is 13.6.